The van der Waals surface area contributed by atoms with Crippen molar-refractivity contribution in [2.24, 2.45) is 0 Å². The SMILES string of the molecule is COc1cc(OC)c(CNC2CCCCC2O)c(OC)c1. The number of ether oxygens (including phenoxy) is 3. The normalized spacial score (nSPS) is 21.9. The molecule has 0 saturated heterocycles. The summed E-state index contributed by atoms with van der Waals surface area (Å²) in [6.07, 6.45) is 3.87. The van der Waals surface area contributed by atoms with Gasteiger partial charge in [0, 0.05) is 24.7 Å². The van der Waals surface area contributed by atoms with Crippen LogP contribution in [-0.2, 0) is 6.54 Å². The number of aliphatic hydroxyl groups is 1. The predicted octanol–water partition coefficient (Wildman–Crippen LogP) is 2.11. The van der Waals surface area contributed by atoms with Gasteiger partial charge in [-0.15, -0.1) is 0 Å². The van der Waals surface area contributed by atoms with Crippen LogP contribution in [0, 0.1) is 0 Å². The lowest BCUT2D eigenvalue weighted by Crippen LogP contribution is -2.41. The molecular weight excluding hydrogens is 270 g/mol. The minimum Gasteiger partial charge on any atom is -0.496 e. The molecule has 0 radical (unpaired) electrons. The van der Waals surface area contributed by atoms with Gasteiger partial charge in [-0.1, -0.05) is 12.8 Å². The maximum atomic E-state index is 10.0. The van der Waals surface area contributed by atoms with Crippen LogP contribution in [0.15, 0.2) is 12.1 Å². The molecule has 1 aliphatic rings. The van der Waals surface area contributed by atoms with Gasteiger partial charge in [0.15, 0.2) is 0 Å². The summed E-state index contributed by atoms with van der Waals surface area (Å²) >= 11 is 0. The molecule has 1 fully saturated rings. The fourth-order valence-corrected chi connectivity index (χ4v) is 2.83. The van der Waals surface area contributed by atoms with E-state index >= 15 is 0 Å². The number of rotatable bonds is 6. The summed E-state index contributed by atoms with van der Waals surface area (Å²) in [5.74, 6) is 2.15. The Morgan fingerprint density at radius 2 is 1.67 bits per heavy atom. The van der Waals surface area contributed by atoms with Gasteiger partial charge in [0.2, 0.25) is 0 Å². The van der Waals surface area contributed by atoms with Gasteiger partial charge in [-0.25, -0.2) is 0 Å². The number of hydrogen-bond donors (Lipinski definition) is 2. The highest BCUT2D eigenvalue weighted by atomic mass is 16.5. The summed E-state index contributed by atoms with van der Waals surface area (Å²) in [5, 5.41) is 13.5. The van der Waals surface area contributed by atoms with E-state index in [0.29, 0.717) is 12.3 Å². The summed E-state index contributed by atoms with van der Waals surface area (Å²) in [5.41, 5.74) is 0.943. The fraction of sp³-hybridized carbons (Fsp3) is 0.625. The summed E-state index contributed by atoms with van der Waals surface area (Å²) in [7, 11) is 4.88. The van der Waals surface area contributed by atoms with E-state index in [1.807, 2.05) is 12.1 Å². The zero-order valence-electron chi connectivity index (χ0n) is 13.0. The molecule has 2 rings (SSSR count). The van der Waals surface area contributed by atoms with Gasteiger partial charge in [0.05, 0.1) is 33.0 Å². The molecule has 1 aromatic rings. The number of methoxy groups -OCH3 is 3. The molecule has 0 bridgehead atoms. The van der Waals surface area contributed by atoms with Gasteiger partial charge in [-0.05, 0) is 12.8 Å². The van der Waals surface area contributed by atoms with E-state index in [1.54, 1.807) is 21.3 Å². The molecule has 118 valence electrons. The number of nitrogens with one attached hydrogen (secondary N) is 1. The first kappa shape index (κ1) is 15.9. The molecule has 0 heterocycles. The highest BCUT2D eigenvalue weighted by Crippen LogP contribution is 2.34. The Balaban J connectivity index is 2.14. The molecule has 2 N–H and O–H groups in total. The van der Waals surface area contributed by atoms with E-state index in [2.05, 4.69) is 5.32 Å². The third-order valence-corrected chi connectivity index (χ3v) is 4.09. The molecule has 0 aliphatic heterocycles. The second kappa shape index (κ2) is 7.52. The lowest BCUT2D eigenvalue weighted by molar-refractivity contribution is 0.0900. The molecule has 1 aliphatic carbocycles. The number of hydrogen-bond acceptors (Lipinski definition) is 5. The van der Waals surface area contributed by atoms with Gasteiger partial charge < -0.3 is 24.6 Å². The molecule has 0 amide bonds. The maximum absolute atomic E-state index is 10.0. The molecule has 2 atom stereocenters. The average molecular weight is 295 g/mol. The van der Waals surface area contributed by atoms with Crippen LogP contribution in [0.3, 0.4) is 0 Å². The van der Waals surface area contributed by atoms with Crippen molar-refractivity contribution in [1.82, 2.24) is 5.32 Å². The van der Waals surface area contributed by atoms with Crippen LogP contribution in [0.2, 0.25) is 0 Å². The second-order valence-electron chi connectivity index (χ2n) is 5.35. The minimum atomic E-state index is -0.269. The van der Waals surface area contributed by atoms with Crippen LogP contribution in [-0.4, -0.2) is 38.6 Å². The fourth-order valence-electron chi connectivity index (χ4n) is 2.83. The molecule has 0 aromatic heterocycles. The smallest absolute Gasteiger partial charge is 0.130 e. The molecule has 21 heavy (non-hydrogen) atoms. The molecule has 2 unspecified atom stereocenters. The van der Waals surface area contributed by atoms with E-state index in [0.717, 1.165) is 42.7 Å². The van der Waals surface area contributed by atoms with Gasteiger partial charge in [0.1, 0.15) is 17.2 Å². The minimum absolute atomic E-state index is 0.135. The van der Waals surface area contributed by atoms with E-state index in [4.69, 9.17) is 14.2 Å². The standard InChI is InChI=1S/C16H25NO4/c1-19-11-8-15(20-2)12(16(9-11)21-3)10-17-13-6-4-5-7-14(13)18/h8-9,13-14,17-18H,4-7,10H2,1-3H3. The largest absolute Gasteiger partial charge is 0.496 e. The predicted molar refractivity (Wildman–Crippen MR) is 81.2 cm³/mol. The van der Waals surface area contributed by atoms with Crippen molar-refractivity contribution in [3.05, 3.63) is 17.7 Å². The summed E-state index contributed by atoms with van der Waals surface area (Å²) in [4.78, 5) is 0. The summed E-state index contributed by atoms with van der Waals surface area (Å²) in [6.45, 7) is 0.595. The topological polar surface area (TPSA) is 60.0 Å². The van der Waals surface area contributed by atoms with E-state index in [1.165, 1.54) is 0 Å². The first-order valence-electron chi connectivity index (χ1n) is 7.40. The molecule has 1 aromatic carbocycles. The van der Waals surface area contributed by atoms with Crippen molar-refractivity contribution >= 4 is 0 Å². The van der Waals surface area contributed by atoms with Gasteiger partial charge >= 0.3 is 0 Å². The van der Waals surface area contributed by atoms with Crippen LogP contribution in [0.5, 0.6) is 17.2 Å². The van der Waals surface area contributed by atoms with Crippen molar-refractivity contribution in [3.8, 4) is 17.2 Å². The van der Waals surface area contributed by atoms with Crippen LogP contribution in [0.1, 0.15) is 31.2 Å². The van der Waals surface area contributed by atoms with Crippen molar-refractivity contribution < 1.29 is 19.3 Å². The number of aliphatic hydroxyl groups excluding tert-OH is 1. The maximum Gasteiger partial charge on any atom is 0.130 e. The van der Waals surface area contributed by atoms with Crippen molar-refractivity contribution in [2.45, 2.75) is 44.4 Å². The van der Waals surface area contributed by atoms with E-state index < -0.39 is 0 Å². The third kappa shape index (κ3) is 3.80. The molecule has 0 spiro atoms. The van der Waals surface area contributed by atoms with Crippen LogP contribution < -0.4 is 19.5 Å². The Labute approximate surface area is 126 Å². The van der Waals surface area contributed by atoms with E-state index in [9.17, 15) is 5.11 Å². The van der Waals surface area contributed by atoms with Gasteiger partial charge in [-0.3, -0.25) is 0 Å². The quantitative estimate of drug-likeness (QED) is 0.841. The molecular formula is C16H25NO4. The number of benzene rings is 1. The summed E-state index contributed by atoms with van der Waals surface area (Å²) in [6, 6.07) is 3.82. The Hall–Kier alpha value is -1.46. The van der Waals surface area contributed by atoms with Gasteiger partial charge in [0.25, 0.3) is 0 Å². The summed E-state index contributed by atoms with van der Waals surface area (Å²) < 4.78 is 16.1. The Morgan fingerprint density at radius 3 is 2.19 bits per heavy atom. The first-order chi connectivity index (χ1) is 10.2. The zero-order chi connectivity index (χ0) is 15.2. The molecule has 5 heteroatoms. The lowest BCUT2D eigenvalue weighted by atomic mass is 9.92. The third-order valence-electron chi connectivity index (χ3n) is 4.09. The Morgan fingerprint density at radius 1 is 1.05 bits per heavy atom. The van der Waals surface area contributed by atoms with E-state index in [-0.39, 0.29) is 12.1 Å². The second-order valence-corrected chi connectivity index (χ2v) is 5.35. The zero-order valence-corrected chi connectivity index (χ0v) is 13.0. The van der Waals surface area contributed by atoms with Gasteiger partial charge in [-0.2, -0.15) is 0 Å². The Kier molecular flexibility index (Phi) is 5.70. The highest BCUT2D eigenvalue weighted by molar-refractivity contribution is 5.50. The average Bonchev–Trinajstić information content (AvgIpc) is 2.53. The van der Waals surface area contributed by atoms with Crippen LogP contribution >= 0.6 is 0 Å². The molecule has 5 nitrogen and oxygen atoms in total. The van der Waals surface area contributed by atoms with Crippen molar-refractivity contribution in [3.63, 3.8) is 0 Å². The lowest BCUT2D eigenvalue weighted by Gasteiger charge is -2.29. The van der Waals surface area contributed by atoms with Crippen LogP contribution in [0.4, 0.5) is 0 Å². The van der Waals surface area contributed by atoms with Crippen LogP contribution in [0.25, 0.3) is 0 Å². The van der Waals surface area contributed by atoms with Crippen molar-refractivity contribution in [1.29, 1.82) is 0 Å². The highest BCUT2D eigenvalue weighted by Gasteiger charge is 2.23. The monoisotopic (exact) mass is 295 g/mol. The first-order valence-corrected chi connectivity index (χ1v) is 7.40. The van der Waals surface area contributed by atoms with Crippen molar-refractivity contribution in [2.75, 3.05) is 21.3 Å². The molecule has 1 saturated carbocycles. The Bertz CT molecular complexity index is 439.